The van der Waals surface area contributed by atoms with E-state index >= 15 is 0 Å². The summed E-state index contributed by atoms with van der Waals surface area (Å²) in [6.45, 7) is 0.547. The average Bonchev–Trinajstić information content (AvgIpc) is 3.02. The van der Waals surface area contributed by atoms with Crippen molar-refractivity contribution in [1.82, 2.24) is 15.5 Å². The summed E-state index contributed by atoms with van der Waals surface area (Å²) in [6.07, 6.45) is 0.707. The van der Waals surface area contributed by atoms with Crippen LogP contribution in [-0.2, 0) is 6.42 Å². The molecule has 1 aromatic carbocycles. The van der Waals surface area contributed by atoms with Crippen molar-refractivity contribution in [2.45, 2.75) is 25.0 Å². The number of halogens is 2. The Labute approximate surface area is 125 Å². The van der Waals surface area contributed by atoms with E-state index in [2.05, 4.69) is 15.5 Å². The van der Waals surface area contributed by atoms with Crippen LogP contribution in [0.25, 0.3) is 0 Å². The number of hydrogen-bond acceptors (Lipinski definition) is 5. The molecule has 1 aromatic heterocycles. The molecule has 5 nitrogen and oxygen atoms in total. The van der Waals surface area contributed by atoms with Gasteiger partial charge in [0.05, 0.1) is 12.1 Å². The van der Waals surface area contributed by atoms with Crippen LogP contribution in [-0.4, -0.2) is 27.9 Å². The van der Waals surface area contributed by atoms with Crippen LogP contribution in [0.2, 0.25) is 10.0 Å². The minimum absolute atomic E-state index is 0.0769. The summed E-state index contributed by atoms with van der Waals surface area (Å²) < 4.78 is 5.23. The van der Waals surface area contributed by atoms with Crippen molar-refractivity contribution in [2.75, 3.05) is 6.54 Å². The molecule has 1 aliphatic rings. The molecule has 2 N–H and O–H groups in total. The molecular weight excluding hydrogens is 301 g/mol. The lowest BCUT2D eigenvalue weighted by atomic mass is 10.1. The first-order valence-electron chi connectivity index (χ1n) is 6.29. The predicted octanol–water partition coefficient (Wildman–Crippen LogP) is 2.36. The molecule has 0 spiro atoms. The molecule has 106 valence electrons. The van der Waals surface area contributed by atoms with E-state index in [1.54, 1.807) is 12.1 Å². The van der Waals surface area contributed by atoms with E-state index in [9.17, 15) is 5.11 Å². The zero-order valence-electron chi connectivity index (χ0n) is 10.5. The fourth-order valence-corrected chi connectivity index (χ4v) is 2.70. The van der Waals surface area contributed by atoms with Crippen LogP contribution in [0.5, 0.6) is 0 Å². The third-order valence-electron chi connectivity index (χ3n) is 3.25. The molecule has 2 aromatic rings. The minimum Gasteiger partial charge on any atom is -0.392 e. The van der Waals surface area contributed by atoms with E-state index in [1.807, 2.05) is 6.07 Å². The fraction of sp³-hybridized carbons (Fsp3) is 0.385. The van der Waals surface area contributed by atoms with Gasteiger partial charge in [-0.05, 0) is 24.1 Å². The van der Waals surface area contributed by atoms with Crippen LogP contribution in [0.3, 0.4) is 0 Å². The smallest absolute Gasteiger partial charge is 0.243 e. The van der Waals surface area contributed by atoms with Crippen LogP contribution in [0, 0.1) is 0 Å². The summed E-state index contributed by atoms with van der Waals surface area (Å²) in [4.78, 5) is 4.34. The van der Waals surface area contributed by atoms with Gasteiger partial charge in [-0.2, -0.15) is 4.98 Å². The summed E-state index contributed by atoms with van der Waals surface area (Å²) in [5.74, 6) is 1.06. The quantitative estimate of drug-likeness (QED) is 0.910. The van der Waals surface area contributed by atoms with E-state index in [-0.39, 0.29) is 12.1 Å². The summed E-state index contributed by atoms with van der Waals surface area (Å²) in [6, 6.07) is 5.23. The van der Waals surface area contributed by atoms with Gasteiger partial charge in [0, 0.05) is 23.0 Å². The van der Waals surface area contributed by atoms with Crippen LogP contribution >= 0.6 is 23.2 Å². The molecule has 0 saturated carbocycles. The Balaban J connectivity index is 1.74. The molecule has 1 aliphatic heterocycles. The van der Waals surface area contributed by atoms with Gasteiger partial charge in [0.15, 0.2) is 5.82 Å². The summed E-state index contributed by atoms with van der Waals surface area (Å²) in [5.41, 5.74) is 0.892. The lowest BCUT2D eigenvalue weighted by molar-refractivity contribution is 0.191. The Morgan fingerprint density at radius 1 is 1.40 bits per heavy atom. The lowest BCUT2D eigenvalue weighted by Crippen LogP contribution is -2.15. The van der Waals surface area contributed by atoms with Crippen LogP contribution in [0.15, 0.2) is 22.7 Å². The molecule has 20 heavy (non-hydrogen) atoms. The van der Waals surface area contributed by atoms with Crippen molar-refractivity contribution >= 4 is 23.2 Å². The molecule has 7 heteroatoms. The molecule has 0 amide bonds. The van der Waals surface area contributed by atoms with Crippen molar-refractivity contribution in [1.29, 1.82) is 0 Å². The summed E-state index contributed by atoms with van der Waals surface area (Å²) in [5, 5.41) is 17.7. The minimum atomic E-state index is -0.360. The standard InChI is InChI=1S/C13H13Cl2N3O2/c14-8-2-1-7(10(15)4-8)3-12-17-13(20-18-12)11-5-9(19)6-16-11/h1-2,4,9,11,16,19H,3,5-6H2. The number of aromatic nitrogens is 2. The van der Waals surface area contributed by atoms with E-state index < -0.39 is 0 Å². The third kappa shape index (κ3) is 2.96. The van der Waals surface area contributed by atoms with Crippen molar-refractivity contribution in [2.24, 2.45) is 0 Å². The van der Waals surface area contributed by atoms with Gasteiger partial charge in [-0.25, -0.2) is 0 Å². The van der Waals surface area contributed by atoms with Gasteiger partial charge >= 0.3 is 0 Å². The van der Waals surface area contributed by atoms with Gasteiger partial charge in [0.25, 0.3) is 0 Å². The second kappa shape index (κ2) is 5.69. The fourth-order valence-electron chi connectivity index (χ4n) is 2.22. The highest BCUT2D eigenvalue weighted by molar-refractivity contribution is 6.35. The Bertz CT molecular complexity index is 617. The topological polar surface area (TPSA) is 71.2 Å². The molecule has 0 radical (unpaired) electrons. The summed E-state index contributed by atoms with van der Waals surface area (Å²) in [7, 11) is 0. The van der Waals surface area contributed by atoms with Crippen LogP contribution < -0.4 is 5.32 Å². The van der Waals surface area contributed by atoms with Crippen LogP contribution in [0.1, 0.15) is 29.7 Å². The highest BCUT2D eigenvalue weighted by atomic mass is 35.5. The van der Waals surface area contributed by atoms with Gasteiger partial charge in [-0.3, -0.25) is 0 Å². The van der Waals surface area contributed by atoms with Crippen LogP contribution in [0.4, 0.5) is 0 Å². The highest BCUT2D eigenvalue weighted by Gasteiger charge is 2.28. The van der Waals surface area contributed by atoms with Gasteiger partial charge in [0.2, 0.25) is 5.89 Å². The van der Waals surface area contributed by atoms with E-state index in [4.69, 9.17) is 27.7 Å². The molecule has 1 fully saturated rings. The molecular formula is C13H13Cl2N3O2. The second-order valence-electron chi connectivity index (χ2n) is 4.81. The Hall–Kier alpha value is -1.14. The molecule has 2 heterocycles. The molecule has 2 unspecified atom stereocenters. The Kier molecular flexibility index (Phi) is 3.94. The molecule has 3 rings (SSSR count). The number of β-amino-alcohol motifs (C(OH)–C–C–N with tert-alkyl or cyclic N) is 1. The maximum Gasteiger partial charge on any atom is 0.243 e. The van der Waals surface area contributed by atoms with Gasteiger partial charge < -0.3 is 14.9 Å². The zero-order chi connectivity index (χ0) is 14.1. The predicted molar refractivity (Wildman–Crippen MR) is 74.9 cm³/mol. The van der Waals surface area contributed by atoms with Crippen molar-refractivity contribution in [3.05, 3.63) is 45.5 Å². The van der Waals surface area contributed by atoms with Gasteiger partial charge in [0.1, 0.15) is 0 Å². The van der Waals surface area contributed by atoms with Crippen molar-refractivity contribution < 1.29 is 9.63 Å². The maximum absolute atomic E-state index is 9.48. The number of nitrogens with zero attached hydrogens (tertiary/aromatic N) is 2. The first kappa shape index (κ1) is 13.8. The number of nitrogens with one attached hydrogen (secondary N) is 1. The first-order valence-corrected chi connectivity index (χ1v) is 7.05. The number of rotatable bonds is 3. The molecule has 0 aliphatic carbocycles. The SMILES string of the molecule is OC1CNC(c2nc(Cc3ccc(Cl)cc3Cl)no2)C1. The summed E-state index contributed by atoms with van der Waals surface area (Å²) >= 11 is 12.0. The first-order chi connectivity index (χ1) is 9.61. The van der Waals surface area contributed by atoms with Crippen molar-refractivity contribution in [3.8, 4) is 0 Å². The number of hydrogen-bond donors (Lipinski definition) is 2. The second-order valence-corrected chi connectivity index (χ2v) is 5.66. The highest BCUT2D eigenvalue weighted by Crippen LogP contribution is 2.25. The normalized spacial score (nSPS) is 22.4. The number of aliphatic hydroxyl groups is 1. The van der Waals surface area contributed by atoms with E-state index in [0.717, 1.165) is 5.56 Å². The Morgan fingerprint density at radius 3 is 2.95 bits per heavy atom. The van der Waals surface area contributed by atoms with E-state index in [1.165, 1.54) is 0 Å². The van der Waals surface area contributed by atoms with Gasteiger partial charge in [-0.15, -0.1) is 0 Å². The maximum atomic E-state index is 9.48. The molecule has 1 saturated heterocycles. The van der Waals surface area contributed by atoms with Gasteiger partial charge in [-0.1, -0.05) is 34.4 Å². The largest absolute Gasteiger partial charge is 0.392 e. The third-order valence-corrected chi connectivity index (χ3v) is 3.84. The Morgan fingerprint density at radius 2 is 2.25 bits per heavy atom. The number of benzene rings is 1. The monoisotopic (exact) mass is 313 g/mol. The lowest BCUT2D eigenvalue weighted by Gasteiger charge is -2.02. The molecule has 0 bridgehead atoms. The number of aliphatic hydroxyl groups excluding tert-OH is 1. The molecule has 2 atom stereocenters. The zero-order valence-corrected chi connectivity index (χ0v) is 12.0. The average molecular weight is 314 g/mol. The van der Waals surface area contributed by atoms with Crippen molar-refractivity contribution in [3.63, 3.8) is 0 Å². The van der Waals surface area contributed by atoms with E-state index in [0.29, 0.717) is 41.1 Å².